The molecule has 21 heavy (non-hydrogen) atoms. The molecular formula is C14H12N2O5. The number of methoxy groups -OCH3 is 1. The Kier molecular flexibility index (Phi) is 4.03. The fraction of sp³-hybridized carbons (Fsp3) is 0.0714. The van der Waals surface area contributed by atoms with Gasteiger partial charge in [-0.1, -0.05) is 0 Å². The number of carbonyl (C=O) groups is 2. The second-order valence-electron chi connectivity index (χ2n) is 4.05. The first-order chi connectivity index (χ1) is 10.0. The Labute approximate surface area is 119 Å². The van der Waals surface area contributed by atoms with Crippen molar-refractivity contribution in [2.24, 2.45) is 0 Å². The minimum absolute atomic E-state index is 0.00851. The number of aromatic nitrogens is 1. The van der Waals surface area contributed by atoms with E-state index in [-0.39, 0.29) is 28.4 Å². The molecular weight excluding hydrogens is 276 g/mol. The van der Waals surface area contributed by atoms with Gasteiger partial charge in [0.2, 0.25) is 5.88 Å². The van der Waals surface area contributed by atoms with Crippen LogP contribution in [0.3, 0.4) is 0 Å². The van der Waals surface area contributed by atoms with Crippen LogP contribution in [0.15, 0.2) is 36.5 Å². The van der Waals surface area contributed by atoms with Crippen LogP contribution >= 0.6 is 0 Å². The van der Waals surface area contributed by atoms with Crippen molar-refractivity contribution in [2.75, 3.05) is 12.4 Å². The number of hydrogen-bond acceptors (Lipinski definition) is 5. The SMILES string of the molecule is COc1ncccc1C(=O)Nc1cc(C(=O)O)ccc1O. The highest BCUT2D eigenvalue weighted by atomic mass is 16.5. The molecule has 0 aliphatic heterocycles. The van der Waals surface area contributed by atoms with Gasteiger partial charge in [-0.3, -0.25) is 4.79 Å². The number of ether oxygens (including phenoxy) is 1. The lowest BCUT2D eigenvalue weighted by Gasteiger charge is -2.10. The summed E-state index contributed by atoms with van der Waals surface area (Å²) in [5.74, 6) is -1.85. The Morgan fingerprint density at radius 1 is 1.29 bits per heavy atom. The molecule has 1 heterocycles. The Morgan fingerprint density at radius 2 is 2.05 bits per heavy atom. The second kappa shape index (κ2) is 5.91. The van der Waals surface area contributed by atoms with E-state index < -0.39 is 11.9 Å². The number of amides is 1. The average Bonchev–Trinajstić information content (AvgIpc) is 2.49. The number of rotatable bonds is 4. The number of benzene rings is 1. The predicted octanol–water partition coefficient (Wildman–Crippen LogP) is 1.75. The number of carboxylic acids is 1. The normalized spacial score (nSPS) is 9.95. The van der Waals surface area contributed by atoms with Crippen LogP contribution in [0.5, 0.6) is 11.6 Å². The van der Waals surface area contributed by atoms with E-state index in [1.165, 1.54) is 37.6 Å². The average molecular weight is 288 g/mol. The van der Waals surface area contributed by atoms with Crippen LogP contribution < -0.4 is 10.1 Å². The first-order valence-corrected chi connectivity index (χ1v) is 5.89. The fourth-order valence-corrected chi connectivity index (χ4v) is 1.69. The molecule has 0 radical (unpaired) electrons. The van der Waals surface area contributed by atoms with Crippen molar-refractivity contribution < 1.29 is 24.5 Å². The van der Waals surface area contributed by atoms with Gasteiger partial charge in [0.05, 0.1) is 18.4 Å². The van der Waals surface area contributed by atoms with Gasteiger partial charge in [0.1, 0.15) is 11.3 Å². The number of anilines is 1. The van der Waals surface area contributed by atoms with Gasteiger partial charge in [-0.05, 0) is 30.3 Å². The molecule has 0 fully saturated rings. The van der Waals surface area contributed by atoms with Crippen molar-refractivity contribution in [3.05, 3.63) is 47.7 Å². The van der Waals surface area contributed by atoms with Gasteiger partial charge in [0.25, 0.3) is 5.91 Å². The molecule has 0 aliphatic carbocycles. The molecule has 0 atom stereocenters. The summed E-state index contributed by atoms with van der Waals surface area (Å²) in [7, 11) is 1.38. The molecule has 108 valence electrons. The molecule has 1 amide bonds. The summed E-state index contributed by atoms with van der Waals surface area (Å²) in [6.07, 6.45) is 1.47. The largest absolute Gasteiger partial charge is 0.506 e. The van der Waals surface area contributed by atoms with Gasteiger partial charge >= 0.3 is 5.97 Å². The van der Waals surface area contributed by atoms with Crippen molar-refractivity contribution in [3.63, 3.8) is 0 Å². The van der Waals surface area contributed by atoms with Crippen LogP contribution in [0, 0.1) is 0 Å². The molecule has 3 N–H and O–H groups in total. The van der Waals surface area contributed by atoms with Crippen molar-refractivity contribution >= 4 is 17.6 Å². The summed E-state index contributed by atoms with van der Waals surface area (Å²) in [4.78, 5) is 26.9. The summed E-state index contributed by atoms with van der Waals surface area (Å²) in [6.45, 7) is 0. The monoisotopic (exact) mass is 288 g/mol. The number of aromatic carboxylic acids is 1. The van der Waals surface area contributed by atoms with Gasteiger partial charge in [-0.25, -0.2) is 9.78 Å². The molecule has 0 saturated heterocycles. The highest BCUT2D eigenvalue weighted by molar-refractivity contribution is 6.07. The lowest BCUT2D eigenvalue weighted by molar-refractivity contribution is 0.0696. The number of nitrogens with zero attached hydrogens (tertiary/aromatic N) is 1. The van der Waals surface area contributed by atoms with Crippen molar-refractivity contribution in [2.45, 2.75) is 0 Å². The Morgan fingerprint density at radius 3 is 2.71 bits per heavy atom. The zero-order valence-corrected chi connectivity index (χ0v) is 11.0. The van der Waals surface area contributed by atoms with Crippen molar-refractivity contribution in [1.29, 1.82) is 0 Å². The van der Waals surface area contributed by atoms with Crippen LogP contribution in [0.2, 0.25) is 0 Å². The zero-order chi connectivity index (χ0) is 15.4. The van der Waals surface area contributed by atoms with E-state index in [1.54, 1.807) is 6.07 Å². The fourth-order valence-electron chi connectivity index (χ4n) is 1.69. The highest BCUT2D eigenvalue weighted by Crippen LogP contribution is 2.25. The van der Waals surface area contributed by atoms with E-state index in [2.05, 4.69) is 10.3 Å². The van der Waals surface area contributed by atoms with Crippen LogP contribution in [0.25, 0.3) is 0 Å². The highest BCUT2D eigenvalue weighted by Gasteiger charge is 2.15. The van der Waals surface area contributed by atoms with Gasteiger partial charge < -0.3 is 20.3 Å². The summed E-state index contributed by atoms with van der Waals surface area (Å²) in [5, 5.41) is 21.0. The summed E-state index contributed by atoms with van der Waals surface area (Å²) < 4.78 is 4.97. The van der Waals surface area contributed by atoms with Gasteiger partial charge in [-0.2, -0.15) is 0 Å². The van der Waals surface area contributed by atoms with E-state index in [1.807, 2.05) is 0 Å². The van der Waals surface area contributed by atoms with Gasteiger partial charge in [0, 0.05) is 6.20 Å². The Balaban J connectivity index is 2.31. The van der Waals surface area contributed by atoms with Gasteiger partial charge in [0.15, 0.2) is 0 Å². The molecule has 2 aromatic rings. The first kappa shape index (κ1) is 14.3. The predicted molar refractivity (Wildman–Crippen MR) is 73.8 cm³/mol. The third-order valence-corrected chi connectivity index (χ3v) is 2.70. The number of hydrogen-bond donors (Lipinski definition) is 3. The molecule has 0 aliphatic rings. The molecule has 7 nitrogen and oxygen atoms in total. The number of nitrogens with one attached hydrogen (secondary N) is 1. The minimum atomic E-state index is -1.16. The molecule has 1 aromatic heterocycles. The van der Waals surface area contributed by atoms with Crippen LogP contribution in [-0.4, -0.2) is 34.2 Å². The van der Waals surface area contributed by atoms with Crippen LogP contribution in [0.4, 0.5) is 5.69 Å². The summed E-state index contributed by atoms with van der Waals surface area (Å²) in [5.41, 5.74) is 0.104. The maximum Gasteiger partial charge on any atom is 0.335 e. The standard InChI is InChI=1S/C14H12N2O5/c1-21-13-9(3-2-6-15-13)12(18)16-10-7-8(14(19)20)4-5-11(10)17/h2-7,17H,1H3,(H,16,18)(H,19,20). The van der Waals surface area contributed by atoms with Crippen molar-refractivity contribution in [1.82, 2.24) is 4.98 Å². The maximum atomic E-state index is 12.1. The topological polar surface area (TPSA) is 109 Å². The smallest absolute Gasteiger partial charge is 0.335 e. The molecule has 1 aromatic carbocycles. The quantitative estimate of drug-likeness (QED) is 0.739. The molecule has 0 unspecified atom stereocenters. The third kappa shape index (κ3) is 3.08. The summed E-state index contributed by atoms with van der Waals surface area (Å²) >= 11 is 0. The lowest BCUT2D eigenvalue weighted by atomic mass is 10.1. The number of aromatic hydroxyl groups is 1. The third-order valence-electron chi connectivity index (χ3n) is 2.70. The van der Waals surface area contributed by atoms with E-state index >= 15 is 0 Å². The molecule has 2 rings (SSSR count). The molecule has 0 spiro atoms. The molecule has 7 heteroatoms. The number of carbonyl (C=O) groups excluding carboxylic acids is 1. The number of pyridine rings is 1. The lowest BCUT2D eigenvalue weighted by Crippen LogP contribution is -2.14. The minimum Gasteiger partial charge on any atom is -0.506 e. The van der Waals surface area contributed by atoms with Gasteiger partial charge in [-0.15, -0.1) is 0 Å². The van der Waals surface area contributed by atoms with E-state index in [4.69, 9.17) is 9.84 Å². The molecule has 0 bridgehead atoms. The molecule has 0 saturated carbocycles. The van der Waals surface area contributed by atoms with E-state index in [9.17, 15) is 14.7 Å². The number of carboxylic acid groups (broad SMARTS) is 1. The Bertz CT molecular complexity index is 700. The Hall–Kier alpha value is -3.09. The van der Waals surface area contributed by atoms with E-state index in [0.717, 1.165) is 0 Å². The number of phenols is 1. The van der Waals surface area contributed by atoms with E-state index in [0.29, 0.717) is 0 Å². The van der Waals surface area contributed by atoms with Crippen LogP contribution in [0.1, 0.15) is 20.7 Å². The maximum absolute atomic E-state index is 12.1. The second-order valence-corrected chi connectivity index (χ2v) is 4.05. The summed E-state index contributed by atoms with van der Waals surface area (Å²) in [6, 6.07) is 6.65. The zero-order valence-electron chi connectivity index (χ0n) is 11.0. The number of phenolic OH excluding ortho intramolecular Hbond substituents is 1. The van der Waals surface area contributed by atoms with Crippen LogP contribution in [-0.2, 0) is 0 Å². The van der Waals surface area contributed by atoms with Crippen molar-refractivity contribution in [3.8, 4) is 11.6 Å². The first-order valence-electron chi connectivity index (χ1n) is 5.89.